The van der Waals surface area contributed by atoms with Crippen LogP contribution in [0.4, 0.5) is 0 Å². The Balaban J connectivity index is 0.00000232. The molecule has 6 aromatic rings. The van der Waals surface area contributed by atoms with Crippen LogP contribution in [0, 0.1) is 12.8 Å². The fraction of sp³-hybridized carbons (Fsp3) is 0.261. The molecule has 0 bridgehead atoms. The van der Waals surface area contributed by atoms with Gasteiger partial charge in [-0.1, -0.05) is 111 Å². The van der Waals surface area contributed by atoms with Gasteiger partial charge in [-0.2, -0.15) is 25.7 Å². The van der Waals surface area contributed by atoms with Crippen LogP contribution < -0.4 is 18.9 Å². The molecule has 6 aromatic carbocycles. The molecule has 0 atom stereocenters. The van der Waals surface area contributed by atoms with E-state index in [4.69, 9.17) is 18.9 Å². The number of benzene rings is 6. The summed E-state index contributed by atoms with van der Waals surface area (Å²) in [6.45, 7) is 0.171. The van der Waals surface area contributed by atoms with Gasteiger partial charge in [0.1, 0.15) is 23.0 Å². The van der Waals surface area contributed by atoms with Gasteiger partial charge in [0.2, 0.25) is 13.6 Å². The topological polar surface area (TPSA) is 36.9 Å². The molecule has 0 N–H and O–H groups in total. The predicted octanol–water partition coefficient (Wildman–Crippen LogP) is 12.2. The van der Waals surface area contributed by atoms with Crippen molar-refractivity contribution >= 4 is 21.5 Å². The first-order valence-electron chi connectivity index (χ1n) is 18.2. The van der Waals surface area contributed by atoms with E-state index in [9.17, 15) is 0 Å². The molecule has 2 fully saturated rings. The van der Waals surface area contributed by atoms with E-state index in [1.54, 1.807) is 0 Å². The predicted molar refractivity (Wildman–Crippen MR) is 203 cm³/mol. The summed E-state index contributed by atoms with van der Waals surface area (Å²) < 4.78 is 25.3. The number of ether oxygens (including phenoxy) is 4. The summed E-state index contributed by atoms with van der Waals surface area (Å²) in [5, 5.41) is 4.41. The number of rotatable bonds is 11. The van der Waals surface area contributed by atoms with Gasteiger partial charge in [0, 0.05) is 76.5 Å². The van der Waals surface area contributed by atoms with Crippen LogP contribution in [0.2, 0.25) is 0 Å². The minimum absolute atomic E-state index is 0. The fourth-order valence-electron chi connectivity index (χ4n) is 7.77. The zero-order valence-electron chi connectivity index (χ0n) is 29.7. The van der Waals surface area contributed by atoms with Gasteiger partial charge >= 0.3 is 0 Å². The standard InChI is InChI=1S/C46H44O4.2Y/c1-3-11-33(12-4-1)35-19-25-39(26-20-35)47-31-49-43-29-23-37-15-7-9-17-41(37)45(43)46-42-18-10-8-16-38(42)24-30-44(46)50-32-48-40-27-21-36(22-28-40)34-13-5-2-6-14-34;;/h1-2,7-10,15-30,33-34H,3-6,11-14,31-32H2;;/q-2;;. The van der Waals surface area contributed by atoms with Crippen molar-refractivity contribution in [2.75, 3.05) is 13.6 Å². The van der Waals surface area contributed by atoms with Gasteiger partial charge in [0.05, 0.1) is 0 Å². The van der Waals surface area contributed by atoms with Crippen LogP contribution in [-0.4, -0.2) is 13.6 Å². The molecular weight excluding hydrogens is 794 g/mol. The van der Waals surface area contributed by atoms with E-state index in [1.807, 2.05) is 12.1 Å². The van der Waals surface area contributed by atoms with Gasteiger partial charge in [0.25, 0.3) is 0 Å². The summed E-state index contributed by atoms with van der Waals surface area (Å²) in [6, 6.07) is 42.2. The van der Waals surface area contributed by atoms with Crippen LogP contribution >= 0.6 is 0 Å². The van der Waals surface area contributed by atoms with Crippen LogP contribution in [0.5, 0.6) is 23.0 Å². The molecule has 0 aromatic heterocycles. The van der Waals surface area contributed by atoms with Gasteiger partial charge in [-0.05, 0) is 80.9 Å². The summed E-state index contributed by atoms with van der Waals surface area (Å²) in [5.41, 5.74) is 4.73. The molecule has 0 aliphatic heterocycles. The van der Waals surface area contributed by atoms with Crippen LogP contribution in [0.1, 0.15) is 74.3 Å². The molecule has 2 aliphatic rings. The van der Waals surface area contributed by atoms with Crippen LogP contribution in [0.25, 0.3) is 32.7 Å². The molecular formula is C46H44O4Y2-2. The number of hydrogen-bond acceptors (Lipinski definition) is 4. The Morgan fingerprint density at radius 2 is 0.808 bits per heavy atom. The molecule has 2 aliphatic carbocycles. The van der Waals surface area contributed by atoms with E-state index in [0.29, 0.717) is 11.8 Å². The van der Waals surface area contributed by atoms with E-state index in [0.717, 1.165) is 55.7 Å². The summed E-state index contributed by atoms with van der Waals surface area (Å²) in [7, 11) is 0. The Hall–Kier alpha value is -2.75. The first-order valence-corrected chi connectivity index (χ1v) is 18.2. The molecule has 6 heteroatoms. The van der Waals surface area contributed by atoms with Gasteiger partial charge in [0.15, 0.2) is 0 Å². The van der Waals surface area contributed by atoms with Crippen LogP contribution in [0.3, 0.4) is 0 Å². The molecule has 0 saturated heterocycles. The van der Waals surface area contributed by atoms with Crippen molar-refractivity contribution in [2.24, 2.45) is 0 Å². The summed E-state index contributed by atoms with van der Waals surface area (Å²) in [6.07, 6.45) is 14.5. The van der Waals surface area contributed by atoms with E-state index >= 15 is 0 Å². The molecule has 8 rings (SSSR count). The Kier molecular flexibility index (Phi) is 14.3. The van der Waals surface area contributed by atoms with Gasteiger partial charge in [-0.3, -0.25) is 0 Å². The molecule has 4 nitrogen and oxygen atoms in total. The van der Waals surface area contributed by atoms with Crippen molar-refractivity contribution in [1.29, 1.82) is 0 Å². The van der Waals surface area contributed by atoms with E-state index < -0.39 is 0 Å². The normalized spacial score (nSPS) is 15.0. The maximum atomic E-state index is 6.47. The first kappa shape index (κ1) is 39.0. The van der Waals surface area contributed by atoms with Crippen molar-refractivity contribution in [3.8, 4) is 34.1 Å². The van der Waals surface area contributed by atoms with E-state index in [1.165, 1.54) is 62.5 Å². The molecule has 0 spiro atoms. The second-order valence-corrected chi connectivity index (χ2v) is 13.6. The first-order chi connectivity index (χ1) is 24.8. The van der Waals surface area contributed by atoms with Crippen molar-refractivity contribution in [1.82, 2.24) is 0 Å². The fourth-order valence-corrected chi connectivity index (χ4v) is 7.77. The molecule has 260 valence electrons. The maximum Gasteiger partial charge on any atom is 0.230 e. The second-order valence-electron chi connectivity index (χ2n) is 13.6. The molecule has 2 radical (unpaired) electrons. The van der Waals surface area contributed by atoms with Crippen molar-refractivity contribution in [3.63, 3.8) is 0 Å². The average Bonchev–Trinajstić information content (AvgIpc) is 3.19. The average molecular weight is 839 g/mol. The van der Waals surface area contributed by atoms with Gasteiger partial charge in [-0.25, -0.2) is 0 Å². The second kappa shape index (κ2) is 19.0. The largest absolute Gasteiger partial charge is 0.458 e. The van der Waals surface area contributed by atoms with Gasteiger partial charge in [-0.15, -0.1) is 0 Å². The molecule has 2 saturated carbocycles. The van der Waals surface area contributed by atoms with Crippen molar-refractivity contribution in [3.05, 3.63) is 145 Å². The van der Waals surface area contributed by atoms with Crippen LogP contribution in [0.15, 0.2) is 121 Å². The summed E-state index contributed by atoms with van der Waals surface area (Å²) in [4.78, 5) is 0. The summed E-state index contributed by atoms with van der Waals surface area (Å²) in [5.74, 6) is 4.34. The number of hydrogen-bond donors (Lipinski definition) is 0. The Bertz CT molecular complexity index is 1880. The third-order valence-corrected chi connectivity index (χ3v) is 10.5. The minimum atomic E-state index is 0. The zero-order valence-corrected chi connectivity index (χ0v) is 35.4. The quantitative estimate of drug-likeness (QED) is 0.0962. The smallest absolute Gasteiger partial charge is 0.230 e. The van der Waals surface area contributed by atoms with E-state index in [2.05, 4.69) is 122 Å². The maximum absolute atomic E-state index is 6.47. The molecule has 0 amide bonds. The summed E-state index contributed by atoms with van der Waals surface area (Å²) >= 11 is 0. The molecule has 0 unspecified atom stereocenters. The SMILES string of the molecule is [Y].[Y].c1ccc2c(-c3c(OCOc4ccc(C5CC[CH-]CC5)cc4)ccc4ccccc34)c(OCOc3ccc(C4CC[CH-]CC4)cc3)ccc2c1. The van der Waals surface area contributed by atoms with Crippen molar-refractivity contribution < 1.29 is 84.4 Å². The third kappa shape index (κ3) is 9.12. The zero-order chi connectivity index (χ0) is 33.5. The van der Waals surface area contributed by atoms with E-state index in [-0.39, 0.29) is 79.0 Å². The monoisotopic (exact) mass is 838 g/mol. The third-order valence-electron chi connectivity index (χ3n) is 10.5. The Morgan fingerprint density at radius 3 is 1.21 bits per heavy atom. The molecule has 0 heterocycles. The Morgan fingerprint density at radius 1 is 0.423 bits per heavy atom. The van der Waals surface area contributed by atoms with Crippen molar-refractivity contribution in [2.45, 2.75) is 63.2 Å². The van der Waals surface area contributed by atoms with Crippen LogP contribution in [-0.2, 0) is 65.4 Å². The van der Waals surface area contributed by atoms with Gasteiger partial charge < -0.3 is 31.8 Å². The number of fused-ring (bicyclic) bond motifs is 2. The Labute approximate surface area is 358 Å². The molecule has 52 heavy (non-hydrogen) atoms. The minimum Gasteiger partial charge on any atom is -0.458 e.